The lowest BCUT2D eigenvalue weighted by molar-refractivity contribution is -0.151. The Labute approximate surface area is 205 Å². The fourth-order valence-corrected chi connectivity index (χ4v) is 4.83. The van der Waals surface area contributed by atoms with Gasteiger partial charge in [-0.3, -0.25) is 9.59 Å². The molecule has 0 fully saturated rings. The van der Waals surface area contributed by atoms with Crippen molar-refractivity contribution in [3.63, 3.8) is 0 Å². The number of methoxy groups -OCH3 is 4. The van der Waals surface area contributed by atoms with Gasteiger partial charge in [-0.2, -0.15) is 0 Å². The Kier molecular flexibility index (Phi) is 7.77. The first-order valence-corrected chi connectivity index (χ1v) is 11.4. The van der Waals surface area contributed by atoms with E-state index in [0.717, 1.165) is 0 Å². The highest BCUT2D eigenvalue weighted by molar-refractivity contribution is 6.12. The van der Waals surface area contributed by atoms with E-state index in [1.165, 1.54) is 28.4 Å². The van der Waals surface area contributed by atoms with E-state index in [1.807, 2.05) is 6.92 Å². The maximum absolute atomic E-state index is 13.8. The molecule has 2 aliphatic rings. The van der Waals surface area contributed by atoms with Crippen molar-refractivity contribution in [3.8, 4) is 17.2 Å². The van der Waals surface area contributed by atoms with Crippen molar-refractivity contribution in [2.24, 2.45) is 11.8 Å². The Morgan fingerprint density at radius 2 is 1.63 bits per heavy atom. The molecular weight excluding hydrogens is 454 g/mol. The molecule has 1 aliphatic heterocycles. The van der Waals surface area contributed by atoms with Gasteiger partial charge in [-0.1, -0.05) is 6.92 Å². The van der Waals surface area contributed by atoms with Crippen LogP contribution in [0.2, 0.25) is 0 Å². The second kappa shape index (κ2) is 10.4. The number of carbonyl (C=O) groups is 3. The zero-order chi connectivity index (χ0) is 26.0. The molecule has 9 heteroatoms. The van der Waals surface area contributed by atoms with E-state index in [4.69, 9.17) is 23.7 Å². The SMILES string of the molecule is COC(=O)[C@H]1C(=O)C2=C(C[C@H]1C)NC(C)=C(C(=O)OC(C)C)[C@H]2c1cc(OC)c(OC)c(OC)c1. The van der Waals surface area contributed by atoms with Gasteiger partial charge >= 0.3 is 11.9 Å². The molecule has 1 aromatic rings. The molecule has 1 heterocycles. The lowest BCUT2D eigenvalue weighted by Crippen LogP contribution is -2.43. The van der Waals surface area contributed by atoms with Crippen LogP contribution in [-0.2, 0) is 23.9 Å². The Balaban J connectivity index is 2.30. The minimum Gasteiger partial charge on any atom is -0.493 e. The molecule has 0 radical (unpaired) electrons. The number of rotatable bonds is 7. The lowest BCUT2D eigenvalue weighted by Gasteiger charge is -2.38. The van der Waals surface area contributed by atoms with Crippen molar-refractivity contribution >= 4 is 17.7 Å². The van der Waals surface area contributed by atoms with E-state index in [0.29, 0.717) is 46.2 Å². The van der Waals surface area contributed by atoms with Gasteiger partial charge < -0.3 is 29.0 Å². The molecule has 190 valence electrons. The van der Waals surface area contributed by atoms with Crippen LogP contribution in [0.4, 0.5) is 0 Å². The summed E-state index contributed by atoms with van der Waals surface area (Å²) in [6.45, 7) is 7.11. The highest BCUT2D eigenvalue weighted by Gasteiger charge is 2.47. The Hall–Kier alpha value is -3.49. The average molecular weight is 488 g/mol. The molecule has 3 atom stereocenters. The molecule has 0 saturated heterocycles. The second-order valence-electron chi connectivity index (χ2n) is 8.95. The van der Waals surface area contributed by atoms with Crippen LogP contribution in [0.15, 0.2) is 34.7 Å². The van der Waals surface area contributed by atoms with Crippen molar-refractivity contribution in [2.45, 2.75) is 46.1 Å². The van der Waals surface area contributed by atoms with Crippen LogP contribution in [0.3, 0.4) is 0 Å². The monoisotopic (exact) mass is 487 g/mol. The topological polar surface area (TPSA) is 109 Å². The summed E-state index contributed by atoms with van der Waals surface area (Å²) in [6.07, 6.45) is 0.0645. The molecule has 0 bridgehead atoms. The Morgan fingerprint density at radius 1 is 1.03 bits per heavy atom. The number of allylic oxidation sites excluding steroid dienone is 3. The highest BCUT2D eigenvalue weighted by atomic mass is 16.5. The Bertz CT molecular complexity index is 1080. The highest BCUT2D eigenvalue weighted by Crippen LogP contribution is 2.49. The summed E-state index contributed by atoms with van der Waals surface area (Å²) in [6, 6.07) is 3.41. The van der Waals surface area contributed by atoms with Gasteiger partial charge in [0.15, 0.2) is 17.3 Å². The molecule has 1 N–H and O–H groups in total. The maximum atomic E-state index is 13.8. The quantitative estimate of drug-likeness (QED) is 0.458. The van der Waals surface area contributed by atoms with Gasteiger partial charge in [0.1, 0.15) is 5.92 Å². The summed E-state index contributed by atoms with van der Waals surface area (Å²) in [5.74, 6) is -2.51. The fraction of sp³-hybridized carbons (Fsp3) is 0.500. The van der Waals surface area contributed by atoms with Crippen LogP contribution in [0.1, 0.15) is 45.6 Å². The van der Waals surface area contributed by atoms with Crippen LogP contribution in [0.25, 0.3) is 0 Å². The summed E-state index contributed by atoms with van der Waals surface area (Å²) in [5.41, 5.74) is 2.41. The van der Waals surface area contributed by atoms with E-state index in [1.54, 1.807) is 32.9 Å². The van der Waals surface area contributed by atoms with Crippen molar-refractivity contribution in [1.82, 2.24) is 5.32 Å². The smallest absolute Gasteiger partial charge is 0.337 e. The van der Waals surface area contributed by atoms with Gasteiger partial charge in [0.05, 0.1) is 40.1 Å². The van der Waals surface area contributed by atoms with Crippen molar-refractivity contribution in [3.05, 3.63) is 40.2 Å². The molecule has 9 nitrogen and oxygen atoms in total. The van der Waals surface area contributed by atoms with Crippen LogP contribution >= 0.6 is 0 Å². The number of dihydropyridines is 1. The molecule has 0 saturated carbocycles. The Morgan fingerprint density at radius 3 is 2.11 bits per heavy atom. The zero-order valence-corrected chi connectivity index (χ0v) is 21.4. The number of carbonyl (C=O) groups excluding carboxylic acids is 3. The first-order valence-electron chi connectivity index (χ1n) is 11.4. The number of ether oxygens (including phenoxy) is 5. The van der Waals surface area contributed by atoms with Crippen molar-refractivity contribution in [2.75, 3.05) is 28.4 Å². The van der Waals surface area contributed by atoms with Crippen molar-refractivity contribution < 1.29 is 38.1 Å². The van der Waals surface area contributed by atoms with Gasteiger partial charge in [0.25, 0.3) is 0 Å². The van der Waals surface area contributed by atoms with Crippen LogP contribution in [0, 0.1) is 11.8 Å². The van der Waals surface area contributed by atoms with Gasteiger partial charge in [-0.15, -0.1) is 0 Å². The van der Waals surface area contributed by atoms with E-state index in [2.05, 4.69) is 5.32 Å². The third-order valence-corrected chi connectivity index (χ3v) is 6.33. The van der Waals surface area contributed by atoms with Crippen LogP contribution in [0.5, 0.6) is 17.2 Å². The molecule has 1 aromatic carbocycles. The first kappa shape index (κ1) is 26.1. The van der Waals surface area contributed by atoms with E-state index >= 15 is 0 Å². The number of Topliss-reactive ketones (excluding diaryl/α,β-unsaturated/α-hetero) is 1. The summed E-state index contributed by atoms with van der Waals surface area (Å²) in [7, 11) is 5.74. The van der Waals surface area contributed by atoms with Gasteiger partial charge in [0, 0.05) is 22.9 Å². The molecule has 1 aliphatic carbocycles. The van der Waals surface area contributed by atoms with E-state index in [9.17, 15) is 14.4 Å². The van der Waals surface area contributed by atoms with E-state index < -0.39 is 23.8 Å². The molecule has 0 spiro atoms. The number of benzene rings is 1. The van der Waals surface area contributed by atoms with Crippen LogP contribution in [-0.4, -0.2) is 52.3 Å². The number of ketones is 1. The molecule has 0 aromatic heterocycles. The number of hydrogen-bond donors (Lipinski definition) is 1. The number of nitrogens with one attached hydrogen (secondary N) is 1. The number of hydrogen-bond acceptors (Lipinski definition) is 9. The first-order chi connectivity index (χ1) is 16.6. The van der Waals surface area contributed by atoms with Crippen molar-refractivity contribution in [1.29, 1.82) is 0 Å². The predicted molar refractivity (Wildman–Crippen MR) is 127 cm³/mol. The molecule has 3 rings (SSSR count). The fourth-order valence-electron chi connectivity index (χ4n) is 4.83. The van der Waals surface area contributed by atoms with E-state index in [-0.39, 0.29) is 23.4 Å². The van der Waals surface area contributed by atoms with Crippen LogP contribution < -0.4 is 19.5 Å². The average Bonchev–Trinajstić information content (AvgIpc) is 2.81. The summed E-state index contributed by atoms with van der Waals surface area (Å²) < 4.78 is 27.0. The van der Waals surface area contributed by atoms with Gasteiger partial charge in [-0.25, -0.2) is 4.79 Å². The van der Waals surface area contributed by atoms with Gasteiger partial charge in [-0.05, 0) is 50.8 Å². The maximum Gasteiger partial charge on any atom is 0.337 e. The number of esters is 2. The zero-order valence-electron chi connectivity index (χ0n) is 21.4. The lowest BCUT2D eigenvalue weighted by atomic mass is 9.69. The predicted octanol–water partition coefficient (Wildman–Crippen LogP) is 3.28. The summed E-state index contributed by atoms with van der Waals surface area (Å²) >= 11 is 0. The third kappa shape index (κ3) is 4.72. The summed E-state index contributed by atoms with van der Waals surface area (Å²) in [4.78, 5) is 39.7. The minimum atomic E-state index is -0.981. The molecule has 0 unspecified atom stereocenters. The molecule has 0 amide bonds. The molecule has 35 heavy (non-hydrogen) atoms. The third-order valence-electron chi connectivity index (χ3n) is 6.33. The standard InChI is InChI=1S/C26H33NO8/c1-12(2)35-26(30)20-14(4)27-16-9-13(3)19(25(29)34-8)23(28)22(16)21(20)15-10-17(31-5)24(33-7)18(11-15)32-6/h10-13,19,21,27H,9H2,1-8H3/t13-,19-,21-/m1/s1. The second-order valence-corrected chi connectivity index (χ2v) is 8.95. The van der Waals surface area contributed by atoms with Gasteiger partial charge in [0.2, 0.25) is 5.75 Å². The summed E-state index contributed by atoms with van der Waals surface area (Å²) in [5, 5.41) is 3.24. The minimum absolute atomic E-state index is 0.276. The largest absolute Gasteiger partial charge is 0.493 e. The normalized spacial score (nSPS) is 21.9. The molecular formula is C26H33NO8.